The molecule has 3 rings (SSSR count). The summed E-state index contributed by atoms with van der Waals surface area (Å²) in [6, 6.07) is 0.251. The van der Waals surface area contributed by atoms with Crippen LogP contribution in [-0.4, -0.2) is 31.2 Å². The predicted octanol–water partition coefficient (Wildman–Crippen LogP) is 2.14. The lowest BCUT2D eigenvalue weighted by Crippen LogP contribution is -2.36. The molecule has 20 heavy (non-hydrogen) atoms. The van der Waals surface area contributed by atoms with Gasteiger partial charge < -0.3 is 8.98 Å². The van der Waals surface area contributed by atoms with E-state index >= 15 is 0 Å². The molecule has 2 aromatic rings. The summed E-state index contributed by atoms with van der Waals surface area (Å²) >= 11 is 0. The molecule has 1 unspecified atom stereocenters. The molecule has 6 heteroatoms. The average molecular weight is 275 g/mol. The molecular weight excluding hydrogens is 254 g/mol. The van der Waals surface area contributed by atoms with Gasteiger partial charge in [-0.25, -0.2) is 4.98 Å². The van der Waals surface area contributed by atoms with Crippen LogP contribution in [-0.2, 0) is 18.5 Å². The number of fused-ring (bicyclic) bond motifs is 1. The Morgan fingerprint density at radius 3 is 2.85 bits per heavy atom. The molecule has 2 aromatic heterocycles. The van der Waals surface area contributed by atoms with Crippen molar-refractivity contribution in [1.82, 2.24) is 24.6 Å². The zero-order chi connectivity index (χ0) is 14.3. The summed E-state index contributed by atoms with van der Waals surface area (Å²) in [7, 11) is 0. The molecule has 3 heterocycles. The molecule has 0 saturated heterocycles. The lowest BCUT2D eigenvalue weighted by Gasteiger charge is -2.32. The largest absolute Gasteiger partial charge is 0.448 e. The molecule has 0 amide bonds. The molecule has 108 valence electrons. The summed E-state index contributed by atoms with van der Waals surface area (Å²) in [6.45, 7) is 11.2. The van der Waals surface area contributed by atoms with Crippen molar-refractivity contribution in [3.8, 4) is 0 Å². The van der Waals surface area contributed by atoms with Gasteiger partial charge in [0.05, 0.1) is 11.7 Å². The second-order valence-electron chi connectivity index (χ2n) is 6.42. The lowest BCUT2D eigenvalue weighted by molar-refractivity contribution is 0.154. The maximum atomic E-state index is 5.59. The second kappa shape index (κ2) is 4.70. The highest BCUT2D eigenvalue weighted by Crippen LogP contribution is 2.26. The van der Waals surface area contributed by atoms with Gasteiger partial charge in [0, 0.05) is 25.0 Å². The highest BCUT2D eigenvalue weighted by molar-refractivity contribution is 5.06. The zero-order valence-electron chi connectivity index (χ0n) is 12.5. The van der Waals surface area contributed by atoms with Gasteiger partial charge in [-0.3, -0.25) is 4.90 Å². The molecule has 0 spiro atoms. The highest BCUT2D eigenvalue weighted by Gasteiger charge is 2.27. The van der Waals surface area contributed by atoms with Crippen LogP contribution in [0.4, 0.5) is 0 Å². The number of rotatable bonds is 2. The van der Waals surface area contributed by atoms with Crippen LogP contribution >= 0.6 is 0 Å². The lowest BCUT2D eigenvalue weighted by atomic mass is 9.97. The molecule has 0 N–H and O–H groups in total. The molecule has 0 fully saturated rings. The topological polar surface area (TPSA) is 60.0 Å². The van der Waals surface area contributed by atoms with E-state index < -0.39 is 0 Å². The molecule has 1 aliphatic rings. The fourth-order valence-electron chi connectivity index (χ4n) is 2.50. The van der Waals surface area contributed by atoms with E-state index in [1.165, 1.54) is 0 Å². The Labute approximate surface area is 118 Å². The Morgan fingerprint density at radius 1 is 1.35 bits per heavy atom. The number of aromatic nitrogens is 4. The van der Waals surface area contributed by atoms with Gasteiger partial charge in [0.2, 0.25) is 0 Å². The molecule has 0 bridgehead atoms. The van der Waals surface area contributed by atoms with Crippen LogP contribution in [0.5, 0.6) is 0 Å². The van der Waals surface area contributed by atoms with Crippen molar-refractivity contribution in [2.24, 2.45) is 0 Å². The van der Waals surface area contributed by atoms with Crippen molar-refractivity contribution >= 4 is 0 Å². The summed E-state index contributed by atoms with van der Waals surface area (Å²) in [5.74, 6) is 1.82. The number of nitrogens with zero attached hydrogens (tertiary/aromatic N) is 5. The van der Waals surface area contributed by atoms with Gasteiger partial charge in [0.25, 0.3) is 0 Å². The minimum Gasteiger partial charge on any atom is -0.448 e. The first-order valence-corrected chi connectivity index (χ1v) is 7.02. The molecule has 0 aromatic carbocycles. The Kier molecular flexibility index (Phi) is 3.12. The molecule has 1 atom stereocenters. The summed E-state index contributed by atoms with van der Waals surface area (Å²) in [6.07, 6.45) is 3.57. The molecule has 0 aliphatic carbocycles. The van der Waals surface area contributed by atoms with Crippen molar-refractivity contribution in [3.63, 3.8) is 0 Å². The van der Waals surface area contributed by atoms with Crippen molar-refractivity contribution in [2.75, 3.05) is 6.54 Å². The Bertz CT molecular complexity index is 595. The Balaban J connectivity index is 1.74. The van der Waals surface area contributed by atoms with Gasteiger partial charge in [-0.05, 0) is 6.92 Å². The number of hydrogen-bond acceptors (Lipinski definition) is 5. The normalized spacial score (nSPS) is 20.1. The van der Waals surface area contributed by atoms with Gasteiger partial charge in [0.1, 0.15) is 18.4 Å². The summed E-state index contributed by atoms with van der Waals surface area (Å²) < 4.78 is 7.70. The number of oxazole rings is 1. The second-order valence-corrected chi connectivity index (χ2v) is 6.42. The predicted molar refractivity (Wildman–Crippen MR) is 74.1 cm³/mol. The SMILES string of the molecule is CC1c2nncn2CCN1Cc1coc(C(C)(C)C)n1. The van der Waals surface area contributed by atoms with Crippen LogP contribution in [0.1, 0.15) is 51.1 Å². The first kappa shape index (κ1) is 13.3. The van der Waals surface area contributed by atoms with Gasteiger partial charge in [-0.1, -0.05) is 20.8 Å². The summed E-state index contributed by atoms with van der Waals surface area (Å²) in [4.78, 5) is 6.96. The Morgan fingerprint density at radius 2 is 2.15 bits per heavy atom. The van der Waals surface area contributed by atoms with Gasteiger partial charge in [0.15, 0.2) is 5.89 Å². The fourth-order valence-corrected chi connectivity index (χ4v) is 2.50. The summed E-state index contributed by atoms with van der Waals surface area (Å²) in [5.41, 5.74) is 0.932. The van der Waals surface area contributed by atoms with E-state index in [-0.39, 0.29) is 11.5 Å². The van der Waals surface area contributed by atoms with Crippen molar-refractivity contribution < 1.29 is 4.42 Å². The van der Waals surface area contributed by atoms with E-state index in [0.29, 0.717) is 0 Å². The van der Waals surface area contributed by atoms with Gasteiger partial charge in [-0.15, -0.1) is 10.2 Å². The molecule has 1 aliphatic heterocycles. The first-order chi connectivity index (χ1) is 9.45. The third-order valence-electron chi connectivity index (χ3n) is 3.75. The van der Waals surface area contributed by atoms with E-state index in [2.05, 4.69) is 52.3 Å². The zero-order valence-corrected chi connectivity index (χ0v) is 12.5. The van der Waals surface area contributed by atoms with Crippen LogP contribution in [0.15, 0.2) is 17.0 Å². The monoisotopic (exact) mass is 275 g/mol. The first-order valence-electron chi connectivity index (χ1n) is 7.02. The van der Waals surface area contributed by atoms with E-state index in [1.807, 2.05) is 0 Å². The van der Waals surface area contributed by atoms with E-state index in [4.69, 9.17) is 4.42 Å². The van der Waals surface area contributed by atoms with E-state index in [0.717, 1.165) is 37.0 Å². The minimum atomic E-state index is -0.0497. The maximum Gasteiger partial charge on any atom is 0.199 e. The third kappa shape index (κ3) is 2.35. The smallest absolute Gasteiger partial charge is 0.199 e. The molecular formula is C14H21N5O. The van der Waals surface area contributed by atoms with Crippen LogP contribution in [0.25, 0.3) is 0 Å². The standard InChI is InChI=1S/C14H21N5O/c1-10-12-17-15-9-19(12)6-5-18(10)7-11-8-20-13(16-11)14(2,3)4/h8-10H,5-7H2,1-4H3. The maximum absolute atomic E-state index is 5.59. The van der Waals surface area contributed by atoms with Crippen molar-refractivity contribution in [1.29, 1.82) is 0 Å². The van der Waals surface area contributed by atoms with E-state index in [1.54, 1.807) is 12.6 Å². The minimum absolute atomic E-state index is 0.0497. The van der Waals surface area contributed by atoms with Crippen molar-refractivity contribution in [3.05, 3.63) is 30.0 Å². The molecule has 0 radical (unpaired) electrons. The van der Waals surface area contributed by atoms with Gasteiger partial charge in [-0.2, -0.15) is 0 Å². The van der Waals surface area contributed by atoms with Crippen molar-refractivity contribution in [2.45, 2.75) is 52.2 Å². The fraction of sp³-hybridized carbons (Fsp3) is 0.643. The van der Waals surface area contributed by atoms with Crippen LogP contribution in [0.3, 0.4) is 0 Å². The quantitative estimate of drug-likeness (QED) is 0.840. The third-order valence-corrected chi connectivity index (χ3v) is 3.75. The highest BCUT2D eigenvalue weighted by atomic mass is 16.3. The van der Waals surface area contributed by atoms with Crippen LogP contribution in [0, 0.1) is 0 Å². The Hall–Kier alpha value is -1.69. The van der Waals surface area contributed by atoms with Crippen LogP contribution < -0.4 is 0 Å². The number of hydrogen-bond donors (Lipinski definition) is 0. The molecule has 6 nitrogen and oxygen atoms in total. The average Bonchev–Trinajstić information content (AvgIpc) is 3.01. The van der Waals surface area contributed by atoms with Gasteiger partial charge >= 0.3 is 0 Å². The van der Waals surface area contributed by atoms with E-state index in [9.17, 15) is 0 Å². The molecule has 0 saturated carbocycles. The summed E-state index contributed by atoms with van der Waals surface area (Å²) in [5, 5.41) is 8.19. The van der Waals surface area contributed by atoms with Crippen LogP contribution in [0.2, 0.25) is 0 Å².